The zero-order chi connectivity index (χ0) is 10.4. The molecule has 1 aliphatic heterocycles. The first kappa shape index (κ1) is 8.23. The van der Waals surface area contributed by atoms with Gasteiger partial charge in [-0.1, -0.05) is 18.2 Å². The third kappa shape index (κ3) is 1.01. The maximum atomic E-state index is 11.6. The number of cyclic esters (lactones) is 1. The highest BCUT2D eigenvalue weighted by molar-refractivity contribution is 6.44. The number of hydrogen-bond acceptors (Lipinski definition) is 3. The minimum Gasteiger partial charge on any atom is -0.453 e. The van der Waals surface area contributed by atoms with E-state index < -0.39 is 11.8 Å². The summed E-state index contributed by atoms with van der Waals surface area (Å²) in [5.41, 5.74) is 2.00. The van der Waals surface area contributed by atoms with Crippen LogP contribution in [0, 0.1) is 0 Å². The second kappa shape index (κ2) is 2.70. The summed E-state index contributed by atoms with van der Waals surface area (Å²) in [6, 6.07) is 7.40. The molecule has 1 aliphatic rings. The van der Waals surface area contributed by atoms with E-state index in [4.69, 9.17) is 4.74 Å². The van der Waals surface area contributed by atoms with Crippen LogP contribution in [0.2, 0.25) is 0 Å². The lowest BCUT2D eigenvalue weighted by atomic mass is 10.1. The van der Waals surface area contributed by atoms with E-state index in [1.807, 2.05) is 24.3 Å². The van der Waals surface area contributed by atoms with Gasteiger partial charge in [-0.15, -0.1) is 0 Å². The molecular formula is C11H7NO3. The Morgan fingerprint density at radius 2 is 2.00 bits per heavy atom. The van der Waals surface area contributed by atoms with Crippen molar-refractivity contribution >= 4 is 22.7 Å². The van der Waals surface area contributed by atoms with Gasteiger partial charge in [0.15, 0.2) is 0 Å². The van der Waals surface area contributed by atoms with Crippen molar-refractivity contribution in [2.45, 2.75) is 6.61 Å². The SMILES string of the molecule is O=C1OCc2[nH]c3ccccc3c2C1=O. The lowest BCUT2D eigenvalue weighted by molar-refractivity contribution is -0.140. The number of carbonyl (C=O) groups is 2. The Kier molecular flexibility index (Phi) is 1.48. The third-order valence-corrected chi connectivity index (χ3v) is 2.54. The highest BCUT2D eigenvalue weighted by Crippen LogP contribution is 2.26. The molecule has 0 bridgehead atoms. The zero-order valence-corrected chi connectivity index (χ0v) is 7.74. The molecule has 0 unspecified atom stereocenters. The average molecular weight is 201 g/mol. The lowest BCUT2D eigenvalue weighted by Gasteiger charge is -2.10. The van der Waals surface area contributed by atoms with Crippen LogP contribution in [0.3, 0.4) is 0 Å². The summed E-state index contributed by atoms with van der Waals surface area (Å²) in [5.74, 6) is -1.33. The number of aromatic amines is 1. The second-order valence-corrected chi connectivity index (χ2v) is 3.43. The van der Waals surface area contributed by atoms with Gasteiger partial charge in [0, 0.05) is 10.9 Å². The topological polar surface area (TPSA) is 59.2 Å². The van der Waals surface area contributed by atoms with Gasteiger partial charge in [-0.2, -0.15) is 0 Å². The van der Waals surface area contributed by atoms with E-state index in [1.54, 1.807) is 0 Å². The first-order valence-corrected chi connectivity index (χ1v) is 4.58. The number of aromatic nitrogens is 1. The number of Topliss-reactive ketones (excluding diaryl/α,β-unsaturated/α-hetero) is 1. The number of H-pyrrole nitrogens is 1. The van der Waals surface area contributed by atoms with E-state index in [0.29, 0.717) is 11.3 Å². The lowest BCUT2D eigenvalue weighted by Crippen LogP contribution is -2.23. The maximum absolute atomic E-state index is 11.6. The summed E-state index contributed by atoms with van der Waals surface area (Å²) in [4.78, 5) is 25.8. The average Bonchev–Trinajstić information content (AvgIpc) is 2.62. The summed E-state index contributed by atoms with van der Waals surface area (Å²) in [6.45, 7) is 0.147. The van der Waals surface area contributed by atoms with Crippen molar-refractivity contribution in [1.29, 1.82) is 0 Å². The molecule has 0 radical (unpaired) electrons. The van der Waals surface area contributed by atoms with Crippen LogP contribution in [0.4, 0.5) is 0 Å². The summed E-state index contributed by atoms with van der Waals surface area (Å²) in [6.07, 6.45) is 0. The Labute approximate surface area is 84.8 Å². The number of nitrogens with one attached hydrogen (secondary N) is 1. The molecule has 0 fully saturated rings. The number of para-hydroxylation sites is 1. The van der Waals surface area contributed by atoms with Crippen LogP contribution in [-0.4, -0.2) is 16.7 Å². The molecule has 0 atom stereocenters. The number of fused-ring (bicyclic) bond motifs is 3. The van der Waals surface area contributed by atoms with Gasteiger partial charge < -0.3 is 9.72 Å². The summed E-state index contributed by atoms with van der Waals surface area (Å²) >= 11 is 0. The van der Waals surface area contributed by atoms with Crippen molar-refractivity contribution in [2.24, 2.45) is 0 Å². The Bertz CT molecular complexity index is 583. The highest BCUT2D eigenvalue weighted by Gasteiger charge is 2.30. The number of ketones is 1. The Morgan fingerprint density at radius 3 is 2.87 bits per heavy atom. The number of rotatable bonds is 0. The Balaban J connectivity index is 2.38. The molecule has 2 heterocycles. The molecule has 0 amide bonds. The van der Waals surface area contributed by atoms with Gasteiger partial charge in [0.1, 0.15) is 6.61 Å². The van der Waals surface area contributed by atoms with Crippen LogP contribution in [0.25, 0.3) is 10.9 Å². The van der Waals surface area contributed by atoms with Crippen LogP contribution in [0.5, 0.6) is 0 Å². The van der Waals surface area contributed by atoms with E-state index in [9.17, 15) is 9.59 Å². The molecule has 0 saturated heterocycles. The summed E-state index contributed by atoms with van der Waals surface area (Å²) in [5, 5.41) is 0.786. The quantitative estimate of drug-likeness (QED) is 0.517. The smallest absolute Gasteiger partial charge is 0.380 e. The molecule has 1 aromatic heterocycles. The third-order valence-electron chi connectivity index (χ3n) is 2.54. The van der Waals surface area contributed by atoms with E-state index in [1.165, 1.54) is 0 Å². The number of benzene rings is 1. The van der Waals surface area contributed by atoms with Crippen molar-refractivity contribution in [2.75, 3.05) is 0 Å². The van der Waals surface area contributed by atoms with Crippen molar-refractivity contribution < 1.29 is 14.3 Å². The van der Waals surface area contributed by atoms with Gasteiger partial charge in [0.05, 0.1) is 11.3 Å². The molecule has 0 aliphatic carbocycles. The summed E-state index contributed by atoms with van der Waals surface area (Å²) in [7, 11) is 0. The number of ether oxygens (including phenoxy) is 1. The van der Waals surface area contributed by atoms with Gasteiger partial charge in [-0.25, -0.2) is 4.79 Å². The van der Waals surface area contributed by atoms with Crippen LogP contribution in [0.15, 0.2) is 24.3 Å². The Hall–Kier alpha value is -2.10. The van der Waals surface area contributed by atoms with Gasteiger partial charge in [-0.05, 0) is 6.07 Å². The molecule has 1 aromatic carbocycles. The molecular weight excluding hydrogens is 194 g/mol. The van der Waals surface area contributed by atoms with Crippen molar-refractivity contribution in [3.63, 3.8) is 0 Å². The molecule has 0 saturated carbocycles. The molecule has 4 nitrogen and oxygen atoms in total. The maximum Gasteiger partial charge on any atom is 0.380 e. The van der Waals surface area contributed by atoms with Crippen molar-refractivity contribution in [3.8, 4) is 0 Å². The first-order valence-electron chi connectivity index (χ1n) is 4.58. The van der Waals surface area contributed by atoms with Crippen LogP contribution in [-0.2, 0) is 16.1 Å². The van der Waals surface area contributed by atoms with Gasteiger partial charge in [0.25, 0.3) is 5.78 Å². The summed E-state index contributed by atoms with van der Waals surface area (Å²) < 4.78 is 4.73. The Morgan fingerprint density at radius 1 is 1.20 bits per heavy atom. The van der Waals surface area contributed by atoms with Crippen LogP contribution >= 0.6 is 0 Å². The van der Waals surface area contributed by atoms with E-state index in [-0.39, 0.29) is 6.61 Å². The molecule has 15 heavy (non-hydrogen) atoms. The van der Waals surface area contributed by atoms with Gasteiger partial charge in [0.2, 0.25) is 0 Å². The molecule has 74 valence electrons. The van der Waals surface area contributed by atoms with E-state index >= 15 is 0 Å². The van der Waals surface area contributed by atoms with Crippen molar-refractivity contribution in [3.05, 3.63) is 35.5 Å². The zero-order valence-electron chi connectivity index (χ0n) is 7.74. The highest BCUT2D eigenvalue weighted by atomic mass is 16.5. The fourth-order valence-corrected chi connectivity index (χ4v) is 1.87. The molecule has 2 aromatic rings. The van der Waals surface area contributed by atoms with Gasteiger partial charge in [-0.3, -0.25) is 4.79 Å². The second-order valence-electron chi connectivity index (χ2n) is 3.43. The van der Waals surface area contributed by atoms with Crippen LogP contribution < -0.4 is 0 Å². The predicted octanol–water partition coefficient (Wildman–Crippen LogP) is 1.41. The van der Waals surface area contributed by atoms with E-state index in [2.05, 4.69) is 4.98 Å². The molecule has 0 spiro atoms. The van der Waals surface area contributed by atoms with E-state index in [0.717, 1.165) is 10.9 Å². The molecule has 3 rings (SSSR count). The molecule has 4 heteroatoms. The number of hydrogen-bond donors (Lipinski definition) is 1. The number of carbonyl (C=O) groups excluding carboxylic acids is 2. The monoisotopic (exact) mass is 201 g/mol. The fourth-order valence-electron chi connectivity index (χ4n) is 1.87. The van der Waals surface area contributed by atoms with Gasteiger partial charge >= 0.3 is 5.97 Å². The van der Waals surface area contributed by atoms with Crippen molar-refractivity contribution in [1.82, 2.24) is 4.98 Å². The minimum absolute atomic E-state index is 0.147. The number of esters is 1. The normalized spacial score (nSPS) is 15.2. The standard InChI is InChI=1S/C11H7NO3/c13-10-9-6-3-1-2-4-7(6)12-8(9)5-15-11(10)14/h1-4,12H,5H2. The van der Waals surface area contributed by atoms with Crippen LogP contribution in [0.1, 0.15) is 16.1 Å². The fraction of sp³-hybridized carbons (Fsp3) is 0.0909. The largest absolute Gasteiger partial charge is 0.453 e. The predicted molar refractivity (Wildman–Crippen MR) is 52.4 cm³/mol. The minimum atomic E-state index is -0.771. The molecule has 1 N–H and O–H groups in total. The first-order chi connectivity index (χ1) is 7.27.